The molecule has 1 unspecified atom stereocenters. The Hall–Kier alpha value is -1.15. The van der Waals surface area contributed by atoms with Gasteiger partial charge in [-0.2, -0.15) is 4.31 Å². The molecule has 22 heavy (non-hydrogen) atoms. The highest BCUT2D eigenvalue weighted by Gasteiger charge is 2.26. The van der Waals surface area contributed by atoms with Gasteiger partial charge in [0.1, 0.15) is 0 Å². The number of hydrogen-bond acceptors (Lipinski definition) is 4. The van der Waals surface area contributed by atoms with Crippen LogP contribution in [0.1, 0.15) is 6.92 Å². The molecule has 1 fully saturated rings. The molecule has 1 saturated heterocycles. The van der Waals surface area contributed by atoms with Crippen LogP contribution in [0.5, 0.6) is 0 Å². The first-order chi connectivity index (χ1) is 9.91. The minimum absolute atomic E-state index is 0. The predicted octanol–water partition coefficient (Wildman–Crippen LogP) is 0.549. The topological polar surface area (TPSA) is 69.7 Å². The molecule has 1 atom stereocenters. The van der Waals surface area contributed by atoms with Crippen LogP contribution in [0, 0.1) is 0 Å². The molecule has 1 aromatic rings. The van der Waals surface area contributed by atoms with Gasteiger partial charge in [-0.25, -0.2) is 8.42 Å². The lowest BCUT2D eigenvalue weighted by molar-refractivity contribution is -0.132. The summed E-state index contributed by atoms with van der Waals surface area (Å²) in [5.74, 6) is -0.162. The van der Waals surface area contributed by atoms with E-state index in [0.29, 0.717) is 13.1 Å². The van der Waals surface area contributed by atoms with Crippen molar-refractivity contribution < 1.29 is 13.2 Å². The molecule has 1 aliphatic heterocycles. The van der Waals surface area contributed by atoms with Crippen LogP contribution in [0.4, 0.5) is 0 Å². The van der Waals surface area contributed by atoms with Crippen molar-refractivity contribution in [3.05, 3.63) is 30.3 Å². The monoisotopic (exact) mass is 347 g/mol. The van der Waals surface area contributed by atoms with Crippen LogP contribution in [0.25, 0.3) is 0 Å². The molecule has 0 spiro atoms. The van der Waals surface area contributed by atoms with Crippen LogP contribution >= 0.6 is 12.4 Å². The van der Waals surface area contributed by atoms with E-state index in [1.165, 1.54) is 19.2 Å². The lowest BCUT2D eigenvalue weighted by Gasteiger charge is -2.32. The SMILES string of the molecule is CC1CN(C(=O)CN(C)S(=O)(=O)c2ccccc2)CCN1.Cl. The first-order valence-electron chi connectivity index (χ1n) is 6.94. The molecule has 1 aliphatic rings. The van der Waals surface area contributed by atoms with Gasteiger partial charge in [0.05, 0.1) is 11.4 Å². The highest BCUT2D eigenvalue weighted by molar-refractivity contribution is 7.89. The Morgan fingerprint density at radius 1 is 1.36 bits per heavy atom. The van der Waals surface area contributed by atoms with Crippen molar-refractivity contribution in [1.29, 1.82) is 0 Å². The van der Waals surface area contributed by atoms with Crippen molar-refractivity contribution >= 4 is 28.3 Å². The highest BCUT2D eigenvalue weighted by Crippen LogP contribution is 2.13. The van der Waals surface area contributed by atoms with E-state index in [-0.39, 0.29) is 35.8 Å². The van der Waals surface area contributed by atoms with Crippen molar-refractivity contribution in [3.63, 3.8) is 0 Å². The average molecular weight is 348 g/mol. The Labute approximate surface area is 137 Å². The van der Waals surface area contributed by atoms with Crippen molar-refractivity contribution in [1.82, 2.24) is 14.5 Å². The van der Waals surface area contributed by atoms with Crippen LogP contribution in [0.3, 0.4) is 0 Å². The Balaban J connectivity index is 0.00000242. The second kappa shape index (κ2) is 7.92. The molecule has 124 valence electrons. The number of hydrogen-bond donors (Lipinski definition) is 1. The number of halogens is 1. The number of carbonyl (C=O) groups excluding carboxylic acids is 1. The minimum Gasteiger partial charge on any atom is -0.339 e. The van der Waals surface area contributed by atoms with Gasteiger partial charge in [-0.05, 0) is 19.1 Å². The summed E-state index contributed by atoms with van der Waals surface area (Å²) in [4.78, 5) is 14.1. The molecular weight excluding hydrogens is 326 g/mol. The van der Waals surface area contributed by atoms with E-state index in [1.54, 1.807) is 23.1 Å². The van der Waals surface area contributed by atoms with Gasteiger partial charge in [-0.15, -0.1) is 12.4 Å². The number of likely N-dealkylation sites (N-methyl/N-ethyl adjacent to an activating group) is 1. The molecule has 6 nitrogen and oxygen atoms in total. The van der Waals surface area contributed by atoms with Crippen LogP contribution in [0.15, 0.2) is 35.2 Å². The molecule has 0 radical (unpaired) electrons. The summed E-state index contributed by atoms with van der Waals surface area (Å²) in [6, 6.07) is 8.39. The van der Waals surface area contributed by atoms with E-state index in [0.717, 1.165) is 10.8 Å². The zero-order valence-electron chi connectivity index (χ0n) is 12.7. The molecule has 8 heteroatoms. The Kier molecular flexibility index (Phi) is 6.80. The summed E-state index contributed by atoms with van der Waals surface area (Å²) in [5, 5.41) is 3.25. The molecule has 0 aliphatic carbocycles. The molecule has 0 bridgehead atoms. The van der Waals surface area contributed by atoms with Crippen molar-refractivity contribution in [2.24, 2.45) is 0 Å². The van der Waals surface area contributed by atoms with E-state index in [1.807, 2.05) is 6.92 Å². The summed E-state index contributed by atoms with van der Waals surface area (Å²) in [5.41, 5.74) is 0. The minimum atomic E-state index is -3.62. The molecule has 0 saturated carbocycles. The number of amides is 1. The van der Waals surface area contributed by atoms with Crippen molar-refractivity contribution in [2.75, 3.05) is 33.2 Å². The normalized spacial score (nSPS) is 18.9. The molecule has 2 rings (SSSR count). The third kappa shape index (κ3) is 4.42. The Morgan fingerprint density at radius 2 is 2.00 bits per heavy atom. The number of nitrogens with one attached hydrogen (secondary N) is 1. The number of nitrogens with zero attached hydrogens (tertiary/aromatic N) is 2. The van der Waals surface area contributed by atoms with Crippen molar-refractivity contribution in [3.8, 4) is 0 Å². The first kappa shape index (κ1) is 18.9. The smallest absolute Gasteiger partial charge is 0.243 e. The van der Waals surface area contributed by atoms with Crippen LogP contribution in [-0.2, 0) is 14.8 Å². The third-order valence-corrected chi connectivity index (χ3v) is 5.35. The van der Waals surface area contributed by atoms with Gasteiger partial charge in [0.25, 0.3) is 0 Å². The maximum absolute atomic E-state index is 12.4. The maximum atomic E-state index is 12.4. The molecule has 1 amide bonds. The maximum Gasteiger partial charge on any atom is 0.243 e. The van der Waals surface area contributed by atoms with Gasteiger partial charge in [0.15, 0.2) is 0 Å². The van der Waals surface area contributed by atoms with E-state index >= 15 is 0 Å². The number of piperazine rings is 1. The first-order valence-corrected chi connectivity index (χ1v) is 8.38. The quantitative estimate of drug-likeness (QED) is 0.863. The van der Waals surface area contributed by atoms with Gasteiger partial charge in [0, 0.05) is 32.7 Å². The fourth-order valence-corrected chi connectivity index (χ4v) is 3.45. The van der Waals surface area contributed by atoms with Gasteiger partial charge in [0.2, 0.25) is 15.9 Å². The van der Waals surface area contributed by atoms with Gasteiger partial charge < -0.3 is 10.2 Å². The second-order valence-electron chi connectivity index (χ2n) is 5.27. The molecular formula is C14H22ClN3O3S. The number of rotatable bonds is 4. The van der Waals surface area contributed by atoms with Crippen LogP contribution in [0.2, 0.25) is 0 Å². The van der Waals surface area contributed by atoms with Crippen molar-refractivity contribution in [2.45, 2.75) is 17.9 Å². The zero-order valence-corrected chi connectivity index (χ0v) is 14.4. The van der Waals surface area contributed by atoms with E-state index in [4.69, 9.17) is 0 Å². The summed E-state index contributed by atoms with van der Waals surface area (Å²) in [6.45, 7) is 3.83. The Morgan fingerprint density at radius 3 is 2.59 bits per heavy atom. The van der Waals surface area contributed by atoms with Crippen LogP contribution < -0.4 is 5.32 Å². The standard InChI is InChI=1S/C14H21N3O3S.ClH/c1-12-10-17(9-8-15-12)14(18)11-16(2)21(19,20)13-6-4-3-5-7-13;/h3-7,12,15H,8-11H2,1-2H3;1H. The van der Waals surface area contributed by atoms with E-state index in [2.05, 4.69) is 5.32 Å². The van der Waals surface area contributed by atoms with Crippen LogP contribution in [-0.4, -0.2) is 62.8 Å². The lowest BCUT2D eigenvalue weighted by atomic mass is 10.2. The van der Waals surface area contributed by atoms with E-state index in [9.17, 15) is 13.2 Å². The number of carbonyl (C=O) groups is 1. The number of sulfonamides is 1. The summed E-state index contributed by atoms with van der Waals surface area (Å²) >= 11 is 0. The number of benzene rings is 1. The molecule has 1 heterocycles. The second-order valence-corrected chi connectivity index (χ2v) is 7.31. The highest BCUT2D eigenvalue weighted by atomic mass is 35.5. The molecule has 1 N–H and O–H groups in total. The summed E-state index contributed by atoms with van der Waals surface area (Å²) < 4.78 is 25.8. The molecule has 1 aromatic carbocycles. The zero-order chi connectivity index (χ0) is 15.5. The average Bonchev–Trinajstić information content (AvgIpc) is 2.48. The van der Waals surface area contributed by atoms with Gasteiger partial charge in [-0.1, -0.05) is 18.2 Å². The fourth-order valence-electron chi connectivity index (χ4n) is 2.31. The fraction of sp³-hybridized carbons (Fsp3) is 0.500. The molecule has 0 aromatic heterocycles. The third-order valence-electron chi connectivity index (χ3n) is 3.53. The van der Waals surface area contributed by atoms with Gasteiger partial charge >= 0.3 is 0 Å². The van der Waals surface area contributed by atoms with Gasteiger partial charge in [-0.3, -0.25) is 4.79 Å². The predicted molar refractivity (Wildman–Crippen MR) is 87.6 cm³/mol. The lowest BCUT2D eigenvalue weighted by Crippen LogP contribution is -2.53. The summed E-state index contributed by atoms with van der Waals surface area (Å²) in [6.07, 6.45) is 0. The van der Waals surface area contributed by atoms with E-state index < -0.39 is 10.0 Å². The Bertz CT molecular complexity index is 595. The largest absolute Gasteiger partial charge is 0.339 e. The summed E-state index contributed by atoms with van der Waals surface area (Å²) in [7, 11) is -2.18.